The van der Waals surface area contributed by atoms with E-state index < -0.39 is 17.5 Å². The average Bonchev–Trinajstić information content (AvgIpc) is 1.98. The SMILES string of the molecule is CCCOC(=O)/C([O-])=C/C(C)=O.[Na+]. The zero-order chi connectivity index (χ0) is 9.56. The molecule has 0 unspecified atom stereocenters. The van der Waals surface area contributed by atoms with Crippen LogP contribution in [0.5, 0.6) is 0 Å². The third-order valence-corrected chi connectivity index (χ3v) is 0.973. The summed E-state index contributed by atoms with van der Waals surface area (Å²) in [7, 11) is 0. The van der Waals surface area contributed by atoms with E-state index >= 15 is 0 Å². The molecule has 0 aliphatic heterocycles. The number of ether oxygens (including phenoxy) is 1. The van der Waals surface area contributed by atoms with Gasteiger partial charge in [-0.05, 0) is 25.2 Å². The average molecular weight is 194 g/mol. The van der Waals surface area contributed by atoms with Crippen molar-refractivity contribution in [2.75, 3.05) is 6.61 Å². The zero-order valence-corrected chi connectivity index (χ0v) is 10.1. The Morgan fingerprint density at radius 2 is 2.00 bits per heavy atom. The number of hydrogen-bond acceptors (Lipinski definition) is 4. The molecular formula is C8H11NaO4. The van der Waals surface area contributed by atoms with Crippen molar-refractivity contribution in [2.45, 2.75) is 20.3 Å². The van der Waals surface area contributed by atoms with Gasteiger partial charge in [0.05, 0.1) is 6.61 Å². The summed E-state index contributed by atoms with van der Waals surface area (Å²) in [5.74, 6) is -2.31. The van der Waals surface area contributed by atoms with Crippen molar-refractivity contribution in [3.8, 4) is 0 Å². The van der Waals surface area contributed by atoms with Crippen LogP contribution in [0.2, 0.25) is 0 Å². The van der Waals surface area contributed by atoms with Crippen LogP contribution in [0.25, 0.3) is 0 Å². The molecule has 0 radical (unpaired) electrons. The van der Waals surface area contributed by atoms with E-state index in [9.17, 15) is 14.7 Å². The third kappa shape index (κ3) is 8.02. The van der Waals surface area contributed by atoms with E-state index in [1.54, 1.807) is 0 Å². The maximum absolute atomic E-state index is 10.7. The Labute approximate surface area is 99.2 Å². The molecule has 0 fully saturated rings. The number of esters is 1. The van der Waals surface area contributed by atoms with Gasteiger partial charge in [-0.1, -0.05) is 6.92 Å². The zero-order valence-electron chi connectivity index (χ0n) is 8.12. The maximum Gasteiger partial charge on any atom is 1.00 e. The number of rotatable bonds is 4. The molecule has 0 aliphatic carbocycles. The standard InChI is InChI=1S/C8H12O4.Na/c1-3-4-12-8(11)7(10)5-6(2)9;/h5,10H,3-4H2,1-2H3;/q;+1/p-1/b7-5-;. The summed E-state index contributed by atoms with van der Waals surface area (Å²) in [6, 6.07) is 0. The predicted octanol–water partition coefficient (Wildman–Crippen LogP) is -3.22. The topological polar surface area (TPSA) is 66.4 Å². The van der Waals surface area contributed by atoms with Crippen LogP contribution in [0.15, 0.2) is 11.8 Å². The molecule has 0 aromatic rings. The predicted molar refractivity (Wildman–Crippen MR) is 40.0 cm³/mol. The Kier molecular flexibility index (Phi) is 9.67. The van der Waals surface area contributed by atoms with E-state index in [2.05, 4.69) is 4.74 Å². The molecule has 68 valence electrons. The van der Waals surface area contributed by atoms with Crippen molar-refractivity contribution >= 4 is 11.8 Å². The summed E-state index contributed by atoms with van der Waals surface area (Å²) in [6.45, 7) is 3.22. The van der Waals surface area contributed by atoms with Crippen molar-refractivity contribution in [2.24, 2.45) is 0 Å². The summed E-state index contributed by atoms with van der Waals surface area (Å²) < 4.78 is 4.48. The third-order valence-electron chi connectivity index (χ3n) is 0.973. The Bertz CT molecular complexity index is 210. The molecule has 0 spiro atoms. The van der Waals surface area contributed by atoms with Gasteiger partial charge in [0.25, 0.3) is 0 Å². The van der Waals surface area contributed by atoms with E-state index in [1.165, 1.54) is 6.92 Å². The first-order valence-corrected chi connectivity index (χ1v) is 3.64. The molecule has 4 nitrogen and oxygen atoms in total. The molecule has 0 saturated heterocycles. The first-order valence-electron chi connectivity index (χ1n) is 3.64. The molecular weight excluding hydrogens is 183 g/mol. The number of hydrogen-bond donors (Lipinski definition) is 0. The summed E-state index contributed by atoms with van der Waals surface area (Å²) in [4.78, 5) is 21.0. The number of carbonyl (C=O) groups excluding carboxylic acids is 2. The fourth-order valence-corrected chi connectivity index (χ4v) is 0.509. The smallest absolute Gasteiger partial charge is 0.868 e. The molecule has 0 N–H and O–H groups in total. The van der Waals surface area contributed by atoms with E-state index in [0.29, 0.717) is 6.42 Å². The van der Waals surface area contributed by atoms with Crippen LogP contribution in [0.1, 0.15) is 20.3 Å². The van der Waals surface area contributed by atoms with Gasteiger partial charge in [0.1, 0.15) is 0 Å². The fraction of sp³-hybridized carbons (Fsp3) is 0.500. The Morgan fingerprint density at radius 3 is 2.38 bits per heavy atom. The Morgan fingerprint density at radius 1 is 1.46 bits per heavy atom. The van der Waals surface area contributed by atoms with Gasteiger partial charge in [0, 0.05) is 0 Å². The molecule has 0 aromatic heterocycles. The van der Waals surface area contributed by atoms with Gasteiger partial charge < -0.3 is 9.84 Å². The molecule has 0 heterocycles. The van der Waals surface area contributed by atoms with Gasteiger partial charge in [0.15, 0.2) is 5.78 Å². The van der Waals surface area contributed by atoms with E-state index in [-0.39, 0.29) is 36.2 Å². The van der Waals surface area contributed by atoms with Crippen molar-refractivity contribution in [3.63, 3.8) is 0 Å². The second-order valence-electron chi connectivity index (χ2n) is 2.26. The quantitative estimate of drug-likeness (QED) is 0.204. The summed E-state index contributed by atoms with van der Waals surface area (Å²) in [5, 5.41) is 10.7. The first kappa shape index (κ1) is 15.2. The van der Waals surface area contributed by atoms with E-state index in [1.807, 2.05) is 6.92 Å². The second-order valence-corrected chi connectivity index (χ2v) is 2.26. The number of allylic oxidation sites excluding steroid dienone is 1. The van der Waals surface area contributed by atoms with Gasteiger partial charge >= 0.3 is 35.5 Å². The Balaban J connectivity index is 0. The van der Waals surface area contributed by atoms with E-state index in [0.717, 1.165) is 6.08 Å². The van der Waals surface area contributed by atoms with Gasteiger partial charge in [-0.2, -0.15) is 0 Å². The van der Waals surface area contributed by atoms with Crippen LogP contribution in [0.4, 0.5) is 0 Å². The summed E-state index contributed by atoms with van der Waals surface area (Å²) in [5.41, 5.74) is 0. The largest absolute Gasteiger partial charge is 1.00 e. The van der Waals surface area contributed by atoms with Gasteiger partial charge in [-0.25, -0.2) is 4.79 Å². The minimum absolute atomic E-state index is 0. The molecule has 0 atom stereocenters. The van der Waals surface area contributed by atoms with E-state index in [4.69, 9.17) is 0 Å². The molecule has 0 aromatic carbocycles. The normalized spacial score (nSPS) is 10.2. The molecule has 5 heteroatoms. The molecule has 0 saturated carbocycles. The molecule has 0 rings (SSSR count). The van der Waals surface area contributed by atoms with Crippen LogP contribution >= 0.6 is 0 Å². The fourth-order valence-electron chi connectivity index (χ4n) is 0.509. The van der Waals surface area contributed by atoms with Crippen LogP contribution in [-0.2, 0) is 14.3 Å². The summed E-state index contributed by atoms with van der Waals surface area (Å²) in [6.07, 6.45) is 1.37. The van der Waals surface area contributed by atoms with Crippen molar-refractivity contribution in [1.29, 1.82) is 0 Å². The van der Waals surface area contributed by atoms with Gasteiger partial charge in [0.2, 0.25) is 0 Å². The van der Waals surface area contributed by atoms with Crippen molar-refractivity contribution in [3.05, 3.63) is 11.8 Å². The monoisotopic (exact) mass is 194 g/mol. The minimum atomic E-state index is -0.966. The van der Waals surface area contributed by atoms with Crippen LogP contribution in [-0.4, -0.2) is 18.4 Å². The maximum atomic E-state index is 10.7. The summed E-state index contributed by atoms with van der Waals surface area (Å²) >= 11 is 0. The molecule has 0 aliphatic rings. The van der Waals surface area contributed by atoms with Crippen LogP contribution < -0.4 is 34.7 Å². The van der Waals surface area contributed by atoms with Crippen molar-refractivity contribution < 1.29 is 49.0 Å². The van der Waals surface area contributed by atoms with Crippen LogP contribution in [0.3, 0.4) is 0 Å². The van der Waals surface area contributed by atoms with Gasteiger partial charge in [-0.15, -0.1) is 0 Å². The first-order chi connectivity index (χ1) is 5.57. The van der Waals surface area contributed by atoms with Gasteiger partial charge in [-0.3, -0.25) is 4.79 Å². The molecule has 0 amide bonds. The molecule has 0 bridgehead atoms. The minimum Gasteiger partial charge on any atom is -0.868 e. The number of carbonyl (C=O) groups is 2. The van der Waals surface area contributed by atoms with Crippen LogP contribution in [0, 0.1) is 0 Å². The Hall–Kier alpha value is -0.320. The molecule has 13 heavy (non-hydrogen) atoms. The van der Waals surface area contributed by atoms with Crippen molar-refractivity contribution in [1.82, 2.24) is 0 Å². The second kappa shape index (κ2) is 8.29. The number of ketones is 1.